The van der Waals surface area contributed by atoms with Crippen LogP contribution in [0.5, 0.6) is 0 Å². The Balaban J connectivity index is 1.75. The molecule has 3 rings (SSSR count). The summed E-state index contributed by atoms with van der Waals surface area (Å²) >= 11 is 12.0. The number of hydrogen-bond donors (Lipinski definition) is 0. The van der Waals surface area contributed by atoms with Crippen LogP contribution in [0.25, 0.3) is 0 Å². The van der Waals surface area contributed by atoms with Gasteiger partial charge in [-0.25, -0.2) is 0 Å². The van der Waals surface area contributed by atoms with Gasteiger partial charge in [0.25, 0.3) is 0 Å². The number of halogens is 2. The third kappa shape index (κ3) is 3.41. The molecule has 0 saturated carbocycles. The Kier molecular flexibility index (Phi) is 4.63. The average molecular weight is 332 g/mol. The van der Waals surface area contributed by atoms with Crippen molar-refractivity contribution in [3.05, 3.63) is 81.4 Å². The van der Waals surface area contributed by atoms with Crippen LogP contribution in [0.3, 0.4) is 0 Å². The molecule has 0 aliphatic carbocycles. The SMILES string of the molecule is O=C(c1ccc(CN2CC=CC2)cc1)c1ccc(Cl)cc1Cl. The fraction of sp³-hybridized carbons (Fsp3) is 0.167. The van der Waals surface area contributed by atoms with Gasteiger partial charge in [0, 0.05) is 35.8 Å². The molecule has 112 valence electrons. The van der Waals surface area contributed by atoms with Crippen LogP contribution in [0.2, 0.25) is 10.0 Å². The van der Waals surface area contributed by atoms with Crippen molar-refractivity contribution in [3.8, 4) is 0 Å². The molecule has 0 N–H and O–H groups in total. The van der Waals surface area contributed by atoms with E-state index in [2.05, 4.69) is 17.1 Å². The van der Waals surface area contributed by atoms with Crippen molar-refractivity contribution in [2.75, 3.05) is 13.1 Å². The number of ketones is 1. The van der Waals surface area contributed by atoms with Crippen molar-refractivity contribution in [3.63, 3.8) is 0 Å². The third-order valence-corrected chi connectivity index (χ3v) is 4.24. The first-order chi connectivity index (χ1) is 10.6. The molecule has 2 nitrogen and oxygen atoms in total. The van der Waals surface area contributed by atoms with E-state index in [1.54, 1.807) is 18.2 Å². The van der Waals surface area contributed by atoms with Crippen LogP contribution in [-0.4, -0.2) is 23.8 Å². The molecule has 0 fully saturated rings. The van der Waals surface area contributed by atoms with E-state index >= 15 is 0 Å². The molecule has 1 aliphatic heterocycles. The van der Waals surface area contributed by atoms with Gasteiger partial charge >= 0.3 is 0 Å². The van der Waals surface area contributed by atoms with Gasteiger partial charge in [0.05, 0.1) is 5.02 Å². The van der Waals surface area contributed by atoms with E-state index in [0.29, 0.717) is 21.2 Å². The van der Waals surface area contributed by atoms with Crippen LogP contribution < -0.4 is 0 Å². The molecule has 22 heavy (non-hydrogen) atoms. The van der Waals surface area contributed by atoms with E-state index in [4.69, 9.17) is 23.2 Å². The maximum absolute atomic E-state index is 12.5. The highest BCUT2D eigenvalue weighted by atomic mass is 35.5. The monoisotopic (exact) mass is 331 g/mol. The topological polar surface area (TPSA) is 20.3 Å². The van der Waals surface area contributed by atoms with Crippen LogP contribution >= 0.6 is 23.2 Å². The maximum Gasteiger partial charge on any atom is 0.194 e. The Bertz CT molecular complexity index is 714. The summed E-state index contributed by atoms with van der Waals surface area (Å²) in [6, 6.07) is 12.6. The van der Waals surface area contributed by atoms with Gasteiger partial charge in [-0.1, -0.05) is 59.6 Å². The number of rotatable bonds is 4. The zero-order valence-corrected chi connectivity index (χ0v) is 13.4. The maximum atomic E-state index is 12.5. The lowest BCUT2D eigenvalue weighted by Crippen LogP contribution is -2.19. The van der Waals surface area contributed by atoms with Crippen molar-refractivity contribution in [2.45, 2.75) is 6.54 Å². The molecule has 0 aromatic heterocycles. The number of hydrogen-bond acceptors (Lipinski definition) is 2. The second kappa shape index (κ2) is 6.66. The predicted molar refractivity (Wildman–Crippen MR) is 90.8 cm³/mol. The van der Waals surface area contributed by atoms with E-state index < -0.39 is 0 Å². The Morgan fingerprint density at radius 2 is 1.68 bits per heavy atom. The molecule has 0 atom stereocenters. The Hall–Kier alpha value is -1.61. The zero-order valence-electron chi connectivity index (χ0n) is 11.9. The van der Waals surface area contributed by atoms with E-state index in [1.165, 1.54) is 5.56 Å². The quantitative estimate of drug-likeness (QED) is 0.603. The van der Waals surface area contributed by atoms with Crippen molar-refractivity contribution in [1.29, 1.82) is 0 Å². The van der Waals surface area contributed by atoms with Crippen molar-refractivity contribution in [1.82, 2.24) is 4.90 Å². The molecule has 0 spiro atoms. The second-order valence-electron chi connectivity index (χ2n) is 5.32. The second-order valence-corrected chi connectivity index (χ2v) is 6.16. The Morgan fingerprint density at radius 3 is 2.32 bits per heavy atom. The molecule has 4 heteroatoms. The van der Waals surface area contributed by atoms with Crippen LogP contribution in [0.4, 0.5) is 0 Å². The standard InChI is InChI=1S/C18H15Cl2NO/c19-15-7-8-16(17(20)11-15)18(22)14-5-3-13(4-6-14)12-21-9-1-2-10-21/h1-8,11H,9-10,12H2. The highest BCUT2D eigenvalue weighted by Gasteiger charge is 2.13. The Labute approximate surface area is 140 Å². The molecule has 2 aromatic carbocycles. The minimum atomic E-state index is -0.0870. The molecule has 0 unspecified atom stereocenters. The van der Waals surface area contributed by atoms with Gasteiger partial charge in [-0.2, -0.15) is 0 Å². The van der Waals surface area contributed by atoms with Crippen LogP contribution in [0.1, 0.15) is 21.5 Å². The summed E-state index contributed by atoms with van der Waals surface area (Å²) in [5, 5.41) is 0.904. The predicted octanol–water partition coefficient (Wildman–Crippen LogP) is 4.60. The lowest BCUT2D eigenvalue weighted by molar-refractivity contribution is 0.103. The summed E-state index contributed by atoms with van der Waals surface area (Å²) < 4.78 is 0. The normalized spacial score (nSPS) is 14.5. The minimum Gasteiger partial charge on any atom is -0.292 e. The van der Waals surface area contributed by atoms with Crippen molar-refractivity contribution >= 4 is 29.0 Å². The fourth-order valence-corrected chi connectivity index (χ4v) is 2.99. The smallest absolute Gasteiger partial charge is 0.194 e. The number of carbonyl (C=O) groups excluding carboxylic acids is 1. The van der Waals surface area contributed by atoms with Gasteiger partial charge in [0.1, 0.15) is 0 Å². The molecular formula is C18H15Cl2NO. The molecular weight excluding hydrogens is 317 g/mol. The van der Waals surface area contributed by atoms with E-state index in [0.717, 1.165) is 19.6 Å². The van der Waals surface area contributed by atoms with Gasteiger partial charge in [-0.15, -0.1) is 0 Å². The minimum absolute atomic E-state index is 0.0870. The van der Waals surface area contributed by atoms with Crippen molar-refractivity contribution < 1.29 is 4.79 Å². The fourth-order valence-electron chi connectivity index (χ4n) is 2.50. The van der Waals surface area contributed by atoms with Gasteiger partial charge in [0.15, 0.2) is 5.78 Å². The molecule has 1 aliphatic rings. The molecule has 0 bridgehead atoms. The summed E-state index contributed by atoms with van der Waals surface area (Å²) in [5.41, 5.74) is 2.30. The highest BCUT2D eigenvalue weighted by Crippen LogP contribution is 2.23. The van der Waals surface area contributed by atoms with Crippen LogP contribution in [-0.2, 0) is 6.54 Å². The number of carbonyl (C=O) groups is 1. The molecule has 0 amide bonds. The number of benzene rings is 2. The summed E-state index contributed by atoms with van der Waals surface area (Å²) in [7, 11) is 0. The van der Waals surface area contributed by atoms with E-state index in [1.807, 2.05) is 24.3 Å². The summed E-state index contributed by atoms with van der Waals surface area (Å²) in [6.45, 7) is 2.87. The first-order valence-electron chi connectivity index (χ1n) is 7.09. The molecule has 1 heterocycles. The summed E-state index contributed by atoms with van der Waals surface area (Å²) in [4.78, 5) is 14.8. The third-order valence-electron chi connectivity index (χ3n) is 3.69. The average Bonchev–Trinajstić information content (AvgIpc) is 3.00. The first-order valence-corrected chi connectivity index (χ1v) is 7.85. The van der Waals surface area contributed by atoms with Crippen LogP contribution in [0.15, 0.2) is 54.6 Å². The summed E-state index contributed by atoms with van der Waals surface area (Å²) in [5.74, 6) is -0.0870. The molecule has 2 aromatic rings. The largest absolute Gasteiger partial charge is 0.292 e. The zero-order chi connectivity index (χ0) is 15.5. The highest BCUT2D eigenvalue weighted by molar-refractivity contribution is 6.37. The summed E-state index contributed by atoms with van der Waals surface area (Å²) in [6.07, 6.45) is 4.33. The van der Waals surface area contributed by atoms with Gasteiger partial charge in [-0.05, 0) is 23.8 Å². The van der Waals surface area contributed by atoms with Crippen LogP contribution in [0, 0.1) is 0 Å². The van der Waals surface area contributed by atoms with E-state index in [9.17, 15) is 4.79 Å². The molecule has 0 saturated heterocycles. The number of nitrogens with zero attached hydrogens (tertiary/aromatic N) is 1. The van der Waals surface area contributed by atoms with Crippen molar-refractivity contribution in [2.24, 2.45) is 0 Å². The Morgan fingerprint density at radius 1 is 1.00 bits per heavy atom. The lowest BCUT2D eigenvalue weighted by atomic mass is 10.0. The first kappa shape index (κ1) is 15.3. The van der Waals surface area contributed by atoms with Gasteiger partial charge < -0.3 is 0 Å². The van der Waals surface area contributed by atoms with Gasteiger partial charge in [-0.3, -0.25) is 9.69 Å². The van der Waals surface area contributed by atoms with E-state index in [-0.39, 0.29) is 5.78 Å². The van der Waals surface area contributed by atoms with Gasteiger partial charge in [0.2, 0.25) is 0 Å². The lowest BCUT2D eigenvalue weighted by Gasteiger charge is -2.14. The molecule has 0 radical (unpaired) electrons.